The molecule has 0 saturated heterocycles. The van der Waals surface area contributed by atoms with Crippen molar-refractivity contribution in [3.8, 4) is 0 Å². The zero-order valence-electron chi connectivity index (χ0n) is 16.6. The quantitative estimate of drug-likeness (QED) is 0.437. The van der Waals surface area contributed by atoms with Gasteiger partial charge < -0.3 is 10.1 Å². The second-order valence-electron chi connectivity index (χ2n) is 6.86. The largest absolute Gasteiger partial charge is 0.380 e. The van der Waals surface area contributed by atoms with Gasteiger partial charge in [-0.3, -0.25) is 9.59 Å². The van der Waals surface area contributed by atoms with Crippen LogP contribution in [-0.4, -0.2) is 23.8 Å². The number of hydrogen-bond acceptors (Lipinski definition) is 5. The molecule has 0 fully saturated rings. The van der Waals surface area contributed by atoms with Gasteiger partial charge in [0.05, 0.1) is 12.3 Å². The van der Waals surface area contributed by atoms with Gasteiger partial charge in [-0.2, -0.15) is 0 Å². The van der Waals surface area contributed by atoms with Gasteiger partial charge >= 0.3 is 0 Å². The molecular weight excluding hydrogens is 396 g/mol. The fourth-order valence-corrected chi connectivity index (χ4v) is 4.54. The number of nitrogens with zero attached hydrogens (tertiary/aromatic N) is 1. The summed E-state index contributed by atoms with van der Waals surface area (Å²) in [7, 11) is 1.62. The van der Waals surface area contributed by atoms with Gasteiger partial charge in [0.15, 0.2) is 0 Å². The smallest absolute Gasteiger partial charge is 0.255 e. The van der Waals surface area contributed by atoms with E-state index >= 15 is 0 Å². The third kappa shape index (κ3) is 3.87. The lowest BCUT2D eigenvalue weighted by Crippen LogP contribution is -2.14. The highest BCUT2D eigenvalue weighted by Crippen LogP contribution is 2.39. The molecule has 5 nitrogen and oxygen atoms in total. The number of aromatic nitrogens is 1. The lowest BCUT2D eigenvalue weighted by atomic mass is 10.1. The number of thiophene rings is 1. The molecule has 0 atom stereocenters. The summed E-state index contributed by atoms with van der Waals surface area (Å²) in [6, 6.07) is 19.9. The van der Waals surface area contributed by atoms with E-state index in [0.29, 0.717) is 33.1 Å². The first kappa shape index (κ1) is 19.9. The molecule has 1 N–H and O–H groups in total. The van der Waals surface area contributed by atoms with Crippen LogP contribution in [0.4, 0.5) is 5.69 Å². The number of amides is 1. The second-order valence-corrected chi connectivity index (χ2v) is 7.86. The van der Waals surface area contributed by atoms with Crippen molar-refractivity contribution >= 4 is 38.9 Å². The molecule has 6 heteroatoms. The molecule has 0 aliphatic heterocycles. The van der Waals surface area contributed by atoms with Gasteiger partial charge in [0, 0.05) is 29.3 Å². The fraction of sp³-hybridized carbons (Fsp3) is 0.125. The molecule has 30 heavy (non-hydrogen) atoms. The van der Waals surface area contributed by atoms with Gasteiger partial charge in [-0.1, -0.05) is 48.5 Å². The molecular formula is C24H20N2O3S. The van der Waals surface area contributed by atoms with Crippen LogP contribution in [0.5, 0.6) is 0 Å². The molecule has 0 aliphatic rings. The maximum absolute atomic E-state index is 13.3. The summed E-state index contributed by atoms with van der Waals surface area (Å²) in [5, 5.41) is 3.72. The molecule has 0 unspecified atom stereocenters. The summed E-state index contributed by atoms with van der Waals surface area (Å²) in [6.07, 6.45) is 0. The second kappa shape index (κ2) is 8.57. The van der Waals surface area contributed by atoms with Crippen LogP contribution in [0.1, 0.15) is 36.9 Å². The molecule has 0 aliphatic carbocycles. The van der Waals surface area contributed by atoms with Gasteiger partial charge in [0.2, 0.25) is 5.78 Å². The molecule has 4 aromatic rings. The number of anilines is 1. The Balaban J connectivity index is 1.89. The van der Waals surface area contributed by atoms with E-state index in [-0.39, 0.29) is 11.7 Å². The summed E-state index contributed by atoms with van der Waals surface area (Å²) < 4.78 is 5.37. The van der Waals surface area contributed by atoms with Crippen LogP contribution in [0.2, 0.25) is 0 Å². The lowest BCUT2D eigenvalue weighted by Gasteiger charge is -2.10. The predicted octanol–water partition coefficient (Wildman–Crippen LogP) is 5.23. The number of aryl methyl sites for hydroxylation is 1. The van der Waals surface area contributed by atoms with Gasteiger partial charge in [0.25, 0.3) is 5.91 Å². The van der Waals surface area contributed by atoms with E-state index in [0.717, 1.165) is 16.6 Å². The number of fused-ring (bicyclic) bond motifs is 1. The van der Waals surface area contributed by atoms with E-state index < -0.39 is 0 Å². The number of ketones is 1. The third-order valence-electron chi connectivity index (χ3n) is 4.69. The Bertz CT molecular complexity index is 1220. The van der Waals surface area contributed by atoms with Crippen molar-refractivity contribution in [1.82, 2.24) is 4.98 Å². The molecule has 150 valence electrons. The average molecular weight is 417 g/mol. The molecule has 4 rings (SSSR count). The number of hydrogen-bond donors (Lipinski definition) is 1. The minimum Gasteiger partial charge on any atom is -0.380 e. The Labute approximate surface area is 178 Å². The van der Waals surface area contributed by atoms with Gasteiger partial charge in [0.1, 0.15) is 9.71 Å². The van der Waals surface area contributed by atoms with Crippen LogP contribution in [0.25, 0.3) is 10.2 Å². The van der Waals surface area contributed by atoms with Crippen LogP contribution in [-0.2, 0) is 11.3 Å². The van der Waals surface area contributed by atoms with E-state index in [1.165, 1.54) is 11.3 Å². The normalized spacial score (nSPS) is 10.9. The van der Waals surface area contributed by atoms with E-state index in [2.05, 4.69) is 10.3 Å². The van der Waals surface area contributed by atoms with E-state index in [1.807, 2.05) is 37.3 Å². The standard InChI is InChI=1S/C24H20N2O3S/c1-15-13-18(14-29-2)19-20(26-23(28)17-11-7-4-8-12-17)22(30-24(19)25-15)21(27)16-9-5-3-6-10-16/h3-13H,14H2,1-2H3,(H,26,28). The molecule has 2 aromatic carbocycles. The van der Waals surface area contributed by atoms with Crippen molar-refractivity contribution in [2.45, 2.75) is 13.5 Å². The van der Waals surface area contributed by atoms with Crippen molar-refractivity contribution in [2.75, 3.05) is 12.4 Å². The minimum atomic E-state index is -0.277. The number of ether oxygens (including phenoxy) is 1. The van der Waals surface area contributed by atoms with Gasteiger partial charge in [-0.05, 0) is 30.7 Å². The molecule has 2 heterocycles. The summed E-state index contributed by atoms with van der Waals surface area (Å²) in [6.45, 7) is 2.25. The first-order valence-corrected chi connectivity index (χ1v) is 10.3. The molecule has 0 radical (unpaired) electrons. The topological polar surface area (TPSA) is 68.3 Å². The monoisotopic (exact) mass is 416 g/mol. The highest BCUT2D eigenvalue weighted by atomic mass is 32.1. The number of carbonyl (C=O) groups is 2. The predicted molar refractivity (Wildman–Crippen MR) is 119 cm³/mol. The van der Waals surface area contributed by atoms with Crippen molar-refractivity contribution < 1.29 is 14.3 Å². The average Bonchev–Trinajstić information content (AvgIpc) is 3.12. The van der Waals surface area contributed by atoms with Gasteiger partial charge in [-0.25, -0.2) is 4.98 Å². The summed E-state index contributed by atoms with van der Waals surface area (Å²) in [5.74, 6) is -0.427. The maximum Gasteiger partial charge on any atom is 0.255 e. The SMILES string of the molecule is COCc1cc(C)nc2sc(C(=O)c3ccccc3)c(NC(=O)c3ccccc3)c12. The van der Waals surface area contributed by atoms with Crippen LogP contribution in [0, 0.1) is 6.92 Å². The van der Waals surface area contributed by atoms with Crippen LogP contribution in [0.3, 0.4) is 0 Å². The number of nitrogens with one attached hydrogen (secondary N) is 1. The first-order chi connectivity index (χ1) is 14.6. The molecule has 0 bridgehead atoms. The minimum absolute atomic E-state index is 0.150. The Morgan fingerprint density at radius 1 is 1.00 bits per heavy atom. The summed E-state index contributed by atoms with van der Waals surface area (Å²) in [4.78, 5) is 32.0. The van der Waals surface area contributed by atoms with Crippen molar-refractivity contribution in [2.24, 2.45) is 0 Å². The number of benzene rings is 2. The Kier molecular flexibility index (Phi) is 5.70. The van der Waals surface area contributed by atoms with Gasteiger partial charge in [-0.15, -0.1) is 11.3 Å². The summed E-state index contributed by atoms with van der Waals surface area (Å²) in [5.41, 5.74) is 3.27. The highest BCUT2D eigenvalue weighted by Gasteiger charge is 2.24. The van der Waals surface area contributed by atoms with Crippen LogP contribution < -0.4 is 5.32 Å². The lowest BCUT2D eigenvalue weighted by molar-refractivity contribution is 0.102. The zero-order valence-corrected chi connectivity index (χ0v) is 17.5. The van der Waals surface area contributed by atoms with E-state index in [1.54, 1.807) is 43.5 Å². The number of carbonyl (C=O) groups excluding carboxylic acids is 2. The first-order valence-electron chi connectivity index (χ1n) is 9.46. The van der Waals surface area contributed by atoms with E-state index in [9.17, 15) is 9.59 Å². The fourth-order valence-electron chi connectivity index (χ4n) is 3.36. The van der Waals surface area contributed by atoms with Crippen molar-refractivity contribution in [3.05, 3.63) is 94.0 Å². The van der Waals surface area contributed by atoms with Crippen molar-refractivity contribution in [3.63, 3.8) is 0 Å². The molecule has 1 amide bonds. The number of pyridine rings is 1. The number of rotatable bonds is 6. The Morgan fingerprint density at radius 2 is 1.63 bits per heavy atom. The molecule has 2 aromatic heterocycles. The van der Waals surface area contributed by atoms with Crippen molar-refractivity contribution in [1.29, 1.82) is 0 Å². The number of methoxy groups -OCH3 is 1. The molecule has 0 spiro atoms. The summed E-state index contributed by atoms with van der Waals surface area (Å²) >= 11 is 1.29. The third-order valence-corrected chi connectivity index (χ3v) is 5.77. The van der Waals surface area contributed by atoms with Crippen LogP contribution in [0.15, 0.2) is 66.7 Å². The molecule has 0 saturated carbocycles. The highest BCUT2D eigenvalue weighted by molar-refractivity contribution is 7.21. The Hall–Kier alpha value is -3.35. The van der Waals surface area contributed by atoms with E-state index in [4.69, 9.17) is 4.74 Å². The zero-order chi connectivity index (χ0) is 21.1. The Morgan fingerprint density at radius 3 is 2.27 bits per heavy atom. The maximum atomic E-state index is 13.3. The van der Waals surface area contributed by atoms with Crippen LogP contribution >= 0.6 is 11.3 Å².